The van der Waals surface area contributed by atoms with Crippen molar-refractivity contribution >= 4 is 0 Å². The Kier molecular flexibility index (Phi) is 4.90. The fraction of sp³-hybridized carbons (Fsp3) is 1.00. The minimum Gasteiger partial charge on any atom is -0.316 e. The fourth-order valence-corrected chi connectivity index (χ4v) is 3.69. The molecule has 0 saturated heterocycles. The summed E-state index contributed by atoms with van der Waals surface area (Å²) in [7, 11) is 0. The molecule has 1 heteroatoms. The molecular formula is C16H31N. The molecule has 0 amide bonds. The number of hydrogen-bond donors (Lipinski definition) is 1. The Morgan fingerprint density at radius 2 is 1.65 bits per heavy atom. The number of nitrogens with one attached hydrogen (secondary N) is 1. The molecule has 1 nitrogen and oxygen atoms in total. The summed E-state index contributed by atoms with van der Waals surface area (Å²) in [5.74, 6) is 1.96. The Labute approximate surface area is 108 Å². The van der Waals surface area contributed by atoms with Crippen LogP contribution in [-0.2, 0) is 0 Å². The lowest BCUT2D eigenvalue weighted by Gasteiger charge is -2.35. The van der Waals surface area contributed by atoms with Crippen LogP contribution in [0.3, 0.4) is 0 Å². The van der Waals surface area contributed by atoms with Crippen molar-refractivity contribution in [3.8, 4) is 0 Å². The zero-order chi connectivity index (χ0) is 12.1. The summed E-state index contributed by atoms with van der Waals surface area (Å²) in [6, 6.07) is 0. The van der Waals surface area contributed by atoms with E-state index < -0.39 is 0 Å². The van der Waals surface area contributed by atoms with Crippen molar-refractivity contribution in [2.75, 3.05) is 13.1 Å². The van der Waals surface area contributed by atoms with Gasteiger partial charge < -0.3 is 5.32 Å². The Bertz CT molecular complexity index is 210. The number of rotatable bonds is 4. The normalized spacial score (nSPS) is 33.5. The van der Waals surface area contributed by atoms with E-state index in [0.717, 1.165) is 11.8 Å². The maximum Gasteiger partial charge on any atom is 0.000527 e. The molecule has 2 fully saturated rings. The van der Waals surface area contributed by atoms with Crippen LogP contribution in [0.4, 0.5) is 0 Å². The third-order valence-electron chi connectivity index (χ3n) is 5.18. The monoisotopic (exact) mass is 237 g/mol. The standard InChI is InChI=1S/C16H31N/c1-14-6-8-15(9-7-14)12-17-13-16(2)10-4-3-5-11-16/h14-15,17H,3-13H2,1-2H3. The van der Waals surface area contributed by atoms with E-state index in [2.05, 4.69) is 19.2 Å². The van der Waals surface area contributed by atoms with Crippen molar-refractivity contribution in [1.82, 2.24) is 5.32 Å². The molecular weight excluding hydrogens is 206 g/mol. The molecule has 0 aromatic heterocycles. The van der Waals surface area contributed by atoms with Crippen molar-refractivity contribution in [3.63, 3.8) is 0 Å². The van der Waals surface area contributed by atoms with E-state index in [9.17, 15) is 0 Å². The van der Waals surface area contributed by atoms with Crippen LogP contribution in [0.2, 0.25) is 0 Å². The SMILES string of the molecule is CC1CCC(CNCC2(C)CCCCC2)CC1. The summed E-state index contributed by atoms with van der Waals surface area (Å²) in [5, 5.41) is 3.78. The van der Waals surface area contributed by atoms with Crippen LogP contribution >= 0.6 is 0 Å². The van der Waals surface area contributed by atoms with Crippen LogP contribution in [0.25, 0.3) is 0 Å². The van der Waals surface area contributed by atoms with Crippen molar-refractivity contribution in [2.24, 2.45) is 17.3 Å². The van der Waals surface area contributed by atoms with Crippen LogP contribution < -0.4 is 5.32 Å². The van der Waals surface area contributed by atoms with E-state index >= 15 is 0 Å². The molecule has 2 aliphatic carbocycles. The maximum atomic E-state index is 3.78. The van der Waals surface area contributed by atoms with Crippen LogP contribution in [-0.4, -0.2) is 13.1 Å². The minimum atomic E-state index is 0.611. The highest BCUT2D eigenvalue weighted by Crippen LogP contribution is 2.35. The highest BCUT2D eigenvalue weighted by atomic mass is 14.9. The third-order valence-corrected chi connectivity index (χ3v) is 5.18. The van der Waals surface area contributed by atoms with Gasteiger partial charge in [0, 0.05) is 6.54 Å². The summed E-state index contributed by atoms with van der Waals surface area (Å²) in [6.07, 6.45) is 13.1. The van der Waals surface area contributed by atoms with Crippen LogP contribution in [0, 0.1) is 17.3 Å². The highest BCUT2D eigenvalue weighted by molar-refractivity contribution is 4.81. The van der Waals surface area contributed by atoms with Gasteiger partial charge in [0.1, 0.15) is 0 Å². The molecule has 0 heterocycles. The number of hydrogen-bond acceptors (Lipinski definition) is 1. The lowest BCUT2D eigenvalue weighted by molar-refractivity contribution is 0.197. The Morgan fingerprint density at radius 1 is 1.00 bits per heavy atom. The topological polar surface area (TPSA) is 12.0 Å². The second-order valence-corrected chi connectivity index (χ2v) is 7.13. The molecule has 2 saturated carbocycles. The van der Waals surface area contributed by atoms with Gasteiger partial charge in [-0.05, 0) is 49.5 Å². The summed E-state index contributed by atoms with van der Waals surface area (Å²) in [5.41, 5.74) is 0.611. The minimum absolute atomic E-state index is 0.611. The second kappa shape index (κ2) is 6.22. The van der Waals surface area contributed by atoms with Gasteiger partial charge in [0.25, 0.3) is 0 Å². The van der Waals surface area contributed by atoms with Gasteiger partial charge in [-0.15, -0.1) is 0 Å². The molecule has 0 bridgehead atoms. The molecule has 0 unspecified atom stereocenters. The first kappa shape index (κ1) is 13.4. The second-order valence-electron chi connectivity index (χ2n) is 7.13. The predicted molar refractivity (Wildman–Crippen MR) is 75.2 cm³/mol. The summed E-state index contributed by atoms with van der Waals surface area (Å²) in [6.45, 7) is 7.44. The third kappa shape index (κ3) is 4.28. The molecule has 0 aliphatic heterocycles. The van der Waals surface area contributed by atoms with Crippen molar-refractivity contribution in [3.05, 3.63) is 0 Å². The molecule has 0 spiro atoms. The molecule has 0 aromatic carbocycles. The van der Waals surface area contributed by atoms with Gasteiger partial charge in [0.15, 0.2) is 0 Å². The molecule has 0 atom stereocenters. The molecule has 17 heavy (non-hydrogen) atoms. The summed E-state index contributed by atoms with van der Waals surface area (Å²) in [4.78, 5) is 0. The van der Waals surface area contributed by atoms with E-state index in [4.69, 9.17) is 0 Å². The van der Waals surface area contributed by atoms with Gasteiger partial charge in [-0.2, -0.15) is 0 Å². The Morgan fingerprint density at radius 3 is 2.29 bits per heavy atom. The van der Waals surface area contributed by atoms with E-state index in [0.29, 0.717) is 5.41 Å². The molecule has 0 radical (unpaired) electrons. The predicted octanol–water partition coefficient (Wildman–Crippen LogP) is 4.37. The lowest BCUT2D eigenvalue weighted by Crippen LogP contribution is -2.36. The van der Waals surface area contributed by atoms with E-state index in [1.807, 2.05) is 0 Å². The average Bonchev–Trinajstić information content (AvgIpc) is 2.32. The van der Waals surface area contributed by atoms with E-state index in [1.165, 1.54) is 70.9 Å². The first-order valence-electron chi connectivity index (χ1n) is 7.89. The van der Waals surface area contributed by atoms with Crippen molar-refractivity contribution in [2.45, 2.75) is 71.6 Å². The highest BCUT2D eigenvalue weighted by Gasteiger charge is 2.26. The largest absolute Gasteiger partial charge is 0.316 e. The average molecular weight is 237 g/mol. The maximum absolute atomic E-state index is 3.78. The van der Waals surface area contributed by atoms with Gasteiger partial charge in [-0.3, -0.25) is 0 Å². The Balaban J connectivity index is 1.62. The quantitative estimate of drug-likeness (QED) is 0.765. The van der Waals surface area contributed by atoms with Crippen molar-refractivity contribution in [1.29, 1.82) is 0 Å². The van der Waals surface area contributed by atoms with Crippen molar-refractivity contribution < 1.29 is 0 Å². The van der Waals surface area contributed by atoms with Crippen LogP contribution in [0.15, 0.2) is 0 Å². The summed E-state index contributed by atoms with van der Waals surface area (Å²) >= 11 is 0. The van der Waals surface area contributed by atoms with Gasteiger partial charge in [-0.25, -0.2) is 0 Å². The van der Waals surface area contributed by atoms with Crippen LogP contribution in [0.1, 0.15) is 71.6 Å². The first-order valence-corrected chi connectivity index (χ1v) is 7.89. The molecule has 100 valence electrons. The van der Waals surface area contributed by atoms with Gasteiger partial charge in [0.05, 0.1) is 0 Å². The fourth-order valence-electron chi connectivity index (χ4n) is 3.69. The zero-order valence-electron chi connectivity index (χ0n) is 11.9. The Hall–Kier alpha value is -0.0400. The lowest BCUT2D eigenvalue weighted by atomic mass is 9.75. The van der Waals surface area contributed by atoms with E-state index in [1.54, 1.807) is 0 Å². The molecule has 2 aliphatic rings. The smallest absolute Gasteiger partial charge is 0.000527 e. The van der Waals surface area contributed by atoms with Crippen LogP contribution in [0.5, 0.6) is 0 Å². The first-order chi connectivity index (χ1) is 8.18. The van der Waals surface area contributed by atoms with Gasteiger partial charge in [0.2, 0.25) is 0 Å². The molecule has 2 rings (SSSR count). The zero-order valence-corrected chi connectivity index (χ0v) is 11.9. The molecule has 0 aromatic rings. The summed E-state index contributed by atoms with van der Waals surface area (Å²) < 4.78 is 0. The molecule has 1 N–H and O–H groups in total. The van der Waals surface area contributed by atoms with Gasteiger partial charge in [-0.1, -0.05) is 46.0 Å². The van der Waals surface area contributed by atoms with E-state index in [-0.39, 0.29) is 0 Å². The van der Waals surface area contributed by atoms with Gasteiger partial charge >= 0.3 is 0 Å².